The summed E-state index contributed by atoms with van der Waals surface area (Å²) in [5.41, 5.74) is 0.526. The molecule has 10 heteroatoms. The third kappa shape index (κ3) is 2.56. The predicted molar refractivity (Wildman–Crippen MR) is 85.5 cm³/mol. The number of aromatic nitrogens is 3. The lowest BCUT2D eigenvalue weighted by atomic mass is 10.1. The first-order valence-corrected chi connectivity index (χ1v) is 7.60. The quantitative estimate of drug-likeness (QED) is 0.615. The Balaban J connectivity index is 2.27. The predicted octanol–water partition coefficient (Wildman–Crippen LogP) is 1.73. The fraction of sp³-hybridized carbons (Fsp3) is 0.143. The second kappa shape index (κ2) is 5.89. The molecule has 24 heavy (non-hydrogen) atoms. The zero-order valence-corrected chi connectivity index (χ0v) is 13.5. The second-order valence-electron chi connectivity index (χ2n) is 4.93. The van der Waals surface area contributed by atoms with Gasteiger partial charge in [0.15, 0.2) is 5.78 Å². The summed E-state index contributed by atoms with van der Waals surface area (Å²) in [6.45, 7) is 2.69. The molecule has 1 aliphatic rings. The lowest BCUT2D eigenvalue weighted by Gasteiger charge is -2.30. The Kier molecular flexibility index (Phi) is 3.89. The molecular formula is C14H11N5O4S. The highest BCUT2D eigenvalue weighted by Gasteiger charge is 2.33. The third-order valence-corrected chi connectivity index (χ3v) is 4.42. The van der Waals surface area contributed by atoms with E-state index >= 15 is 0 Å². The number of hydrogen-bond acceptors (Lipinski definition) is 7. The summed E-state index contributed by atoms with van der Waals surface area (Å²) in [6, 6.07) is 5.78. The fourth-order valence-electron chi connectivity index (χ4n) is 2.34. The zero-order chi connectivity index (χ0) is 17.4. The van der Waals surface area contributed by atoms with Crippen molar-refractivity contribution in [3.05, 3.63) is 51.2 Å². The van der Waals surface area contributed by atoms with Crippen LogP contribution in [0, 0.1) is 10.1 Å². The number of carbonyl (C=O) groups excluding carboxylic acids is 2. The van der Waals surface area contributed by atoms with Gasteiger partial charge in [0.05, 0.1) is 15.5 Å². The lowest BCUT2D eigenvalue weighted by molar-refractivity contribution is -0.384. The topological polar surface area (TPSA) is 111 Å². The molecule has 3 rings (SSSR count). The molecule has 0 bridgehead atoms. The number of allylic oxidation sites excluding steroid dienone is 1. The number of amides is 1. The summed E-state index contributed by atoms with van der Waals surface area (Å²) in [6.07, 6.45) is 1.35. The van der Waals surface area contributed by atoms with E-state index in [1.165, 1.54) is 48.1 Å². The molecule has 2 aromatic rings. The van der Waals surface area contributed by atoms with Gasteiger partial charge in [-0.25, -0.2) is 9.69 Å². The highest BCUT2D eigenvalue weighted by atomic mass is 32.2. The van der Waals surface area contributed by atoms with Gasteiger partial charge in [0.1, 0.15) is 6.33 Å². The smallest absolute Gasteiger partial charge is 0.270 e. The molecule has 1 aromatic carbocycles. The number of ketones is 1. The molecule has 0 saturated heterocycles. The van der Waals surface area contributed by atoms with E-state index in [1.54, 1.807) is 6.07 Å². The van der Waals surface area contributed by atoms with Crippen LogP contribution in [0.1, 0.15) is 19.4 Å². The molecule has 1 amide bonds. The van der Waals surface area contributed by atoms with Crippen molar-refractivity contribution in [2.45, 2.75) is 19.0 Å². The Hall–Kier alpha value is -3.01. The minimum absolute atomic E-state index is 0.133. The fourth-order valence-corrected chi connectivity index (χ4v) is 3.27. The maximum absolute atomic E-state index is 12.2. The Labute approximate surface area is 140 Å². The van der Waals surface area contributed by atoms with Gasteiger partial charge in [-0.05, 0) is 18.7 Å². The molecule has 122 valence electrons. The number of nitro benzene ring substituents is 1. The van der Waals surface area contributed by atoms with Crippen molar-refractivity contribution in [2.24, 2.45) is 0 Å². The molecular weight excluding hydrogens is 334 g/mol. The number of benzene rings is 1. The molecule has 0 saturated carbocycles. The summed E-state index contributed by atoms with van der Waals surface area (Å²) >= 11 is 1.07. The first-order chi connectivity index (χ1) is 11.4. The second-order valence-corrected chi connectivity index (χ2v) is 5.91. The number of nitro groups is 1. The number of non-ortho nitro benzene ring substituents is 1. The third-order valence-electron chi connectivity index (χ3n) is 3.28. The van der Waals surface area contributed by atoms with E-state index < -0.39 is 4.92 Å². The van der Waals surface area contributed by atoms with Crippen molar-refractivity contribution in [3.8, 4) is 0 Å². The average molecular weight is 345 g/mol. The van der Waals surface area contributed by atoms with E-state index in [0.717, 1.165) is 11.8 Å². The van der Waals surface area contributed by atoms with Crippen LogP contribution in [0.3, 0.4) is 0 Å². The Morgan fingerprint density at radius 3 is 2.67 bits per heavy atom. The van der Waals surface area contributed by atoms with Crippen LogP contribution in [0.5, 0.6) is 0 Å². The summed E-state index contributed by atoms with van der Waals surface area (Å²) < 4.78 is 1.41. The molecule has 0 fully saturated rings. The van der Waals surface area contributed by atoms with Gasteiger partial charge in [-0.15, -0.1) is 10.2 Å². The van der Waals surface area contributed by atoms with Gasteiger partial charge < -0.3 is 0 Å². The van der Waals surface area contributed by atoms with Crippen molar-refractivity contribution in [2.75, 3.05) is 5.01 Å². The van der Waals surface area contributed by atoms with Gasteiger partial charge in [0.25, 0.3) is 5.69 Å². The minimum Gasteiger partial charge on any atom is -0.294 e. The zero-order valence-electron chi connectivity index (χ0n) is 12.7. The first-order valence-electron chi connectivity index (χ1n) is 6.79. The molecule has 0 spiro atoms. The van der Waals surface area contributed by atoms with Gasteiger partial charge in [0.2, 0.25) is 11.1 Å². The Morgan fingerprint density at radius 2 is 2.04 bits per heavy atom. The summed E-state index contributed by atoms with van der Waals surface area (Å²) in [7, 11) is 0. The molecule has 0 aliphatic carbocycles. The summed E-state index contributed by atoms with van der Waals surface area (Å²) in [5.74, 6) is -0.654. The molecule has 0 N–H and O–H groups in total. The van der Waals surface area contributed by atoms with Crippen molar-refractivity contribution < 1.29 is 14.5 Å². The van der Waals surface area contributed by atoms with Crippen LogP contribution in [-0.2, 0) is 9.59 Å². The normalized spacial score (nSPS) is 13.7. The monoisotopic (exact) mass is 345 g/mol. The molecule has 2 heterocycles. The molecule has 0 atom stereocenters. The van der Waals surface area contributed by atoms with Gasteiger partial charge in [-0.3, -0.25) is 19.7 Å². The first kappa shape index (κ1) is 15.9. The van der Waals surface area contributed by atoms with Crippen molar-refractivity contribution in [1.29, 1.82) is 0 Å². The highest BCUT2D eigenvalue weighted by molar-refractivity contribution is 8.04. The lowest BCUT2D eigenvalue weighted by Crippen LogP contribution is -2.40. The van der Waals surface area contributed by atoms with E-state index in [0.29, 0.717) is 10.7 Å². The number of nitrogens with zero attached hydrogens (tertiary/aromatic N) is 5. The van der Waals surface area contributed by atoms with Crippen LogP contribution >= 0.6 is 11.8 Å². The van der Waals surface area contributed by atoms with E-state index in [-0.39, 0.29) is 28.0 Å². The Bertz CT molecular complexity index is 904. The average Bonchev–Trinajstić information content (AvgIpc) is 3.00. The number of carbonyl (C=O) groups is 2. The molecule has 0 radical (unpaired) electrons. The SMILES string of the molecule is CC(=O)C1=C(c2cccc([N+](=O)[O-])c2)N(C(C)=O)n2cnnc2S1. The molecule has 1 aliphatic heterocycles. The number of Topliss-reactive ketones (excluding diaryl/α,β-unsaturated/α-hetero) is 1. The summed E-state index contributed by atoms with van der Waals surface area (Å²) in [5, 5.41) is 20.3. The van der Waals surface area contributed by atoms with Crippen LogP contribution in [0.2, 0.25) is 0 Å². The number of hydrogen-bond donors (Lipinski definition) is 0. The van der Waals surface area contributed by atoms with Crippen molar-refractivity contribution in [3.63, 3.8) is 0 Å². The largest absolute Gasteiger partial charge is 0.294 e. The maximum atomic E-state index is 12.2. The molecule has 0 unspecified atom stereocenters. The molecule has 1 aromatic heterocycles. The van der Waals surface area contributed by atoms with Crippen LogP contribution in [0.15, 0.2) is 40.7 Å². The minimum atomic E-state index is -0.532. The number of fused-ring (bicyclic) bond motifs is 1. The molecule has 9 nitrogen and oxygen atoms in total. The van der Waals surface area contributed by atoms with E-state index in [1.807, 2.05) is 0 Å². The maximum Gasteiger partial charge on any atom is 0.270 e. The van der Waals surface area contributed by atoms with E-state index in [4.69, 9.17) is 0 Å². The highest BCUT2D eigenvalue weighted by Crippen LogP contribution is 2.39. The van der Waals surface area contributed by atoms with Crippen molar-refractivity contribution in [1.82, 2.24) is 14.9 Å². The standard InChI is InChI=1S/C14H11N5O4S/c1-8(20)13-12(10-4-3-5-11(6-10)19(22)23)18(9(2)21)17-7-15-16-14(17)24-13/h3-7H,1-2H3. The van der Waals surface area contributed by atoms with Gasteiger partial charge in [-0.1, -0.05) is 12.1 Å². The van der Waals surface area contributed by atoms with E-state index in [9.17, 15) is 19.7 Å². The van der Waals surface area contributed by atoms with Gasteiger partial charge in [-0.2, -0.15) is 0 Å². The van der Waals surface area contributed by atoms with E-state index in [2.05, 4.69) is 10.2 Å². The van der Waals surface area contributed by atoms with Crippen molar-refractivity contribution >= 4 is 34.8 Å². The number of rotatable bonds is 3. The van der Waals surface area contributed by atoms with Crippen LogP contribution in [0.4, 0.5) is 5.69 Å². The summed E-state index contributed by atoms with van der Waals surface area (Å²) in [4.78, 5) is 35.1. The van der Waals surface area contributed by atoms with Crippen LogP contribution in [-0.4, -0.2) is 31.5 Å². The van der Waals surface area contributed by atoms with Crippen LogP contribution in [0.25, 0.3) is 5.70 Å². The Morgan fingerprint density at radius 1 is 1.29 bits per heavy atom. The number of thioether (sulfide) groups is 1. The van der Waals surface area contributed by atoms with Gasteiger partial charge >= 0.3 is 0 Å². The van der Waals surface area contributed by atoms with Crippen LogP contribution < -0.4 is 5.01 Å². The van der Waals surface area contributed by atoms with Gasteiger partial charge in [0, 0.05) is 24.6 Å².